The van der Waals surface area contributed by atoms with Gasteiger partial charge < -0.3 is 9.47 Å². The number of hydrogen-bond donors (Lipinski definition) is 0. The van der Waals surface area contributed by atoms with Crippen molar-refractivity contribution in [1.82, 2.24) is 0 Å². The molecule has 0 saturated carbocycles. The zero-order valence-corrected chi connectivity index (χ0v) is 13.1. The van der Waals surface area contributed by atoms with E-state index < -0.39 is 11.6 Å². The van der Waals surface area contributed by atoms with E-state index in [2.05, 4.69) is 0 Å². The molecule has 0 aliphatic rings. The Balaban J connectivity index is 2.22. The quantitative estimate of drug-likeness (QED) is 0.751. The Bertz CT molecular complexity index is 681. The van der Waals surface area contributed by atoms with Gasteiger partial charge in [-0.15, -0.1) is 0 Å². The Hall–Kier alpha value is -2.43. The molecule has 0 aromatic heterocycles. The van der Waals surface area contributed by atoms with Crippen molar-refractivity contribution in [3.05, 3.63) is 53.6 Å². The van der Waals surface area contributed by atoms with Gasteiger partial charge in [0.15, 0.2) is 11.6 Å². The Labute approximate surface area is 133 Å². The monoisotopic (exact) mass is 320 g/mol. The van der Waals surface area contributed by atoms with Gasteiger partial charge in [0.25, 0.3) is 0 Å². The Kier molecular flexibility index (Phi) is 5.68. The number of rotatable bonds is 6. The standard InChI is InChI=1S/C18H18F2O3/c1-3-22-15-10-9-14(17(19)18(15)20)13-7-5-12(6-8-13)11-16(21)23-4-2/h5-10H,3-4,11H2,1-2H3. The maximum absolute atomic E-state index is 14.2. The van der Waals surface area contributed by atoms with Gasteiger partial charge in [-0.1, -0.05) is 24.3 Å². The molecule has 0 fully saturated rings. The molecule has 0 radical (unpaired) electrons. The highest BCUT2D eigenvalue weighted by atomic mass is 19.2. The number of esters is 1. The fourth-order valence-electron chi connectivity index (χ4n) is 2.20. The maximum atomic E-state index is 14.2. The molecule has 0 heterocycles. The zero-order chi connectivity index (χ0) is 16.8. The van der Waals surface area contributed by atoms with Crippen LogP contribution in [0.1, 0.15) is 19.4 Å². The lowest BCUT2D eigenvalue weighted by Crippen LogP contribution is -2.07. The highest BCUT2D eigenvalue weighted by molar-refractivity contribution is 5.73. The third-order valence-electron chi connectivity index (χ3n) is 3.27. The van der Waals surface area contributed by atoms with Gasteiger partial charge in [-0.05, 0) is 37.1 Å². The van der Waals surface area contributed by atoms with Crippen LogP contribution < -0.4 is 4.74 Å². The van der Waals surface area contributed by atoms with E-state index >= 15 is 0 Å². The second-order valence-electron chi connectivity index (χ2n) is 4.85. The fourth-order valence-corrected chi connectivity index (χ4v) is 2.20. The van der Waals surface area contributed by atoms with Crippen molar-refractivity contribution in [2.45, 2.75) is 20.3 Å². The smallest absolute Gasteiger partial charge is 0.310 e. The lowest BCUT2D eigenvalue weighted by Gasteiger charge is -2.10. The molecule has 0 bridgehead atoms. The molecule has 0 N–H and O–H groups in total. The third kappa shape index (κ3) is 4.06. The molecule has 0 aliphatic heterocycles. The van der Waals surface area contributed by atoms with Gasteiger partial charge in [0.05, 0.1) is 19.6 Å². The summed E-state index contributed by atoms with van der Waals surface area (Å²) in [6.45, 7) is 4.03. The topological polar surface area (TPSA) is 35.5 Å². The normalized spacial score (nSPS) is 10.4. The number of hydrogen-bond acceptors (Lipinski definition) is 3. The second-order valence-corrected chi connectivity index (χ2v) is 4.85. The van der Waals surface area contributed by atoms with Gasteiger partial charge in [-0.25, -0.2) is 4.39 Å². The SMILES string of the molecule is CCOC(=O)Cc1ccc(-c2ccc(OCC)c(F)c2F)cc1. The average molecular weight is 320 g/mol. The summed E-state index contributed by atoms with van der Waals surface area (Å²) in [6, 6.07) is 9.56. The average Bonchev–Trinajstić information content (AvgIpc) is 2.53. The summed E-state index contributed by atoms with van der Waals surface area (Å²) < 4.78 is 38.0. The van der Waals surface area contributed by atoms with Gasteiger partial charge in [0.1, 0.15) is 0 Å². The number of ether oxygens (including phenoxy) is 2. The van der Waals surface area contributed by atoms with Crippen molar-refractivity contribution >= 4 is 5.97 Å². The predicted octanol–water partition coefficient (Wildman–Crippen LogP) is 4.14. The number of halogens is 2. The van der Waals surface area contributed by atoms with Crippen LogP contribution in [0.25, 0.3) is 11.1 Å². The minimum absolute atomic E-state index is 0.104. The fraction of sp³-hybridized carbons (Fsp3) is 0.278. The van der Waals surface area contributed by atoms with Crippen LogP contribution in [0, 0.1) is 11.6 Å². The third-order valence-corrected chi connectivity index (χ3v) is 3.27. The van der Waals surface area contributed by atoms with E-state index in [-0.39, 0.29) is 30.3 Å². The summed E-state index contributed by atoms with van der Waals surface area (Å²) in [4.78, 5) is 11.4. The Morgan fingerprint density at radius 3 is 2.26 bits per heavy atom. The van der Waals surface area contributed by atoms with E-state index in [9.17, 15) is 13.6 Å². The molecule has 2 aromatic rings. The van der Waals surface area contributed by atoms with Gasteiger partial charge in [0.2, 0.25) is 5.82 Å². The number of benzene rings is 2. The summed E-state index contributed by atoms with van der Waals surface area (Å²) >= 11 is 0. The molecule has 0 atom stereocenters. The van der Waals surface area contributed by atoms with Gasteiger partial charge >= 0.3 is 5.97 Å². The van der Waals surface area contributed by atoms with E-state index in [1.165, 1.54) is 12.1 Å². The van der Waals surface area contributed by atoms with Gasteiger partial charge in [-0.2, -0.15) is 4.39 Å². The summed E-state index contributed by atoms with van der Waals surface area (Å²) in [7, 11) is 0. The van der Waals surface area contributed by atoms with E-state index in [1.54, 1.807) is 38.1 Å². The lowest BCUT2D eigenvalue weighted by atomic mass is 10.0. The van der Waals surface area contributed by atoms with E-state index in [0.717, 1.165) is 5.56 Å². The van der Waals surface area contributed by atoms with Crippen molar-refractivity contribution < 1.29 is 23.0 Å². The van der Waals surface area contributed by atoms with Crippen LogP contribution in [0.3, 0.4) is 0 Å². The van der Waals surface area contributed by atoms with Gasteiger partial charge in [0, 0.05) is 5.56 Å². The number of carbonyl (C=O) groups is 1. The molecule has 5 heteroatoms. The molecular weight excluding hydrogens is 302 g/mol. The van der Waals surface area contributed by atoms with Crippen LogP contribution in [-0.2, 0) is 16.0 Å². The van der Waals surface area contributed by atoms with E-state index in [4.69, 9.17) is 9.47 Å². The first kappa shape index (κ1) is 16.9. The summed E-state index contributed by atoms with van der Waals surface area (Å²) in [5.74, 6) is -2.37. The van der Waals surface area contributed by atoms with Crippen LogP contribution in [0.2, 0.25) is 0 Å². The summed E-state index contributed by atoms with van der Waals surface area (Å²) in [5, 5.41) is 0. The summed E-state index contributed by atoms with van der Waals surface area (Å²) in [5.41, 5.74) is 1.42. The molecule has 0 spiro atoms. The van der Waals surface area contributed by atoms with Crippen LogP contribution in [-0.4, -0.2) is 19.2 Å². The maximum Gasteiger partial charge on any atom is 0.310 e. The molecule has 122 valence electrons. The van der Waals surface area contributed by atoms with Crippen molar-refractivity contribution in [2.75, 3.05) is 13.2 Å². The van der Waals surface area contributed by atoms with E-state index in [1.807, 2.05) is 0 Å². The molecule has 2 aromatic carbocycles. The first-order valence-electron chi connectivity index (χ1n) is 7.42. The molecule has 0 saturated heterocycles. The van der Waals surface area contributed by atoms with Crippen LogP contribution in [0.4, 0.5) is 8.78 Å². The van der Waals surface area contributed by atoms with Crippen molar-refractivity contribution in [3.8, 4) is 16.9 Å². The highest BCUT2D eigenvalue weighted by Crippen LogP contribution is 2.30. The first-order chi connectivity index (χ1) is 11.1. The lowest BCUT2D eigenvalue weighted by molar-refractivity contribution is -0.142. The zero-order valence-electron chi connectivity index (χ0n) is 13.1. The van der Waals surface area contributed by atoms with Crippen LogP contribution >= 0.6 is 0 Å². The van der Waals surface area contributed by atoms with Crippen LogP contribution in [0.5, 0.6) is 5.75 Å². The second kappa shape index (κ2) is 7.72. The van der Waals surface area contributed by atoms with Crippen LogP contribution in [0.15, 0.2) is 36.4 Å². The first-order valence-corrected chi connectivity index (χ1v) is 7.42. The Morgan fingerprint density at radius 1 is 0.957 bits per heavy atom. The molecule has 0 amide bonds. The highest BCUT2D eigenvalue weighted by Gasteiger charge is 2.15. The molecule has 2 rings (SSSR count). The molecule has 3 nitrogen and oxygen atoms in total. The van der Waals surface area contributed by atoms with Crippen molar-refractivity contribution in [3.63, 3.8) is 0 Å². The predicted molar refractivity (Wildman–Crippen MR) is 83.3 cm³/mol. The molecule has 23 heavy (non-hydrogen) atoms. The molecular formula is C18H18F2O3. The molecule has 0 aliphatic carbocycles. The largest absolute Gasteiger partial charge is 0.491 e. The minimum atomic E-state index is -1.00. The van der Waals surface area contributed by atoms with Crippen molar-refractivity contribution in [1.29, 1.82) is 0 Å². The number of carbonyl (C=O) groups excluding carboxylic acids is 1. The summed E-state index contributed by atoms with van der Waals surface area (Å²) in [6.07, 6.45) is 0.147. The Morgan fingerprint density at radius 2 is 1.65 bits per heavy atom. The minimum Gasteiger partial charge on any atom is -0.491 e. The van der Waals surface area contributed by atoms with Crippen molar-refractivity contribution in [2.24, 2.45) is 0 Å². The molecule has 0 unspecified atom stereocenters. The van der Waals surface area contributed by atoms with E-state index in [0.29, 0.717) is 12.2 Å². The van der Waals surface area contributed by atoms with Gasteiger partial charge in [-0.3, -0.25) is 4.79 Å².